The number of benzene rings is 2. The highest BCUT2D eigenvalue weighted by Crippen LogP contribution is 2.28. The number of carbonyl (C=O) groups is 1. The number of aromatic nitrogens is 2. The molecule has 3 heterocycles. The number of ether oxygens (including phenoxy) is 1. The van der Waals surface area contributed by atoms with Crippen molar-refractivity contribution in [1.82, 2.24) is 14.9 Å². The molecule has 1 saturated heterocycles. The molecule has 0 spiro atoms. The SMILES string of the molecule is O=C(C(=Cc1ccc(-c2cccc([N+](=O)[O-])c2)o1)c1nc2ccccc2[nH]1)N1CCOCC1. The smallest absolute Gasteiger partial charge is 0.270 e. The zero-order valence-electron chi connectivity index (χ0n) is 17.6. The number of aromatic amines is 1. The molecule has 4 aromatic rings. The number of nitrogens with zero attached hydrogens (tertiary/aromatic N) is 3. The second kappa shape index (κ2) is 8.71. The zero-order valence-corrected chi connectivity index (χ0v) is 17.6. The maximum atomic E-state index is 13.4. The number of nitro groups is 1. The Morgan fingerprint density at radius 3 is 2.70 bits per heavy atom. The van der Waals surface area contributed by atoms with Gasteiger partial charge in [-0.3, -0.25) is 14.9 Å². The first-order valence-electron chi connectivity index (χ1n) is 10.5. The Morgan fingerprint density at radius 2 is 1.91 bits per heavy atom. The second-order valence-electron chi connectivity index (χ2n) is 7.57. The second-order valence-corrected chi connectivity index (χ2v) is 7.57. The number of nitro benzene ring substituents is 1. The van der Waals surface area contributed by atoms with E-state index >= 15 is 0 Å². The van der Waals surface area contributed by atoms with Crippen LogP contribution in [-0.2, 0) is 9.53 Å². The Morgan fingerprint density at radius 1 is 1.09 bits per heavy atom. The van der Waals surface area contributed by atoms with Crippen molar-refractivity contribution in [2.24, 2.45) is 0 Å². The molecule has 0 radical (unpaired) electrons. The van der Waals surface area contributed by atoms with Crippen LogP contribution in [0.25, 0.3) is 34.0 Å². The quantitative estimate of drug-likeness (QED) is 0.281. The summed E-state index contributed by atoms with van der Waals surface area (Å²) in [6.07, 6.45) is 1.65. The zero-order chi connectivity index (χ0) is 22.8. The molecule has 2 aromatic carbocycles. The highest BCUT2D eigenvalue weighted by molar-refractivity contribution is 6.23. The molecule has 2 aromatic heterocycles. The first kappa shape index (κ1) is 20.7. The van der Waals surface area contributed by atoms with Crippen molar-refractivity contribution in [3.05, 3.63) is 82.4 Å². The number of amides is 1. The van der Waals surface area contributed by atoms with E-state index in [4.69, 9.17) is 9.15 Å². The van der Waals surface area contributed by atoms with Crippen LogP contribution >= 0.6 is 0 Å². The van der Waals surface area contributed by atoms with Gasteiger partial charge in [-0.05, 0) is 30.3 Å². The van der Waals surface area contributed by atoms with Crippen LogP contribution in [0.1, 0.15) is 11.6 Å². The summed E-state index contributed by atoms with van der Waals surface area (Å²) in [6, 6.07) is 17.2. The Bertz CT molecular complexity index is 1330. The Balaban J connectivity index is 1.54. The summed E-state index contributed by atoms with van der Waals surface area (Å²) in [4.78, 5) is 33.6. The first-order chi connectivity index (χ1) is 16.1. The Kier molecular flexibility index (Phi) is 5.45. The number of H-pyrrole nitrogens is 1. The fourth-order valence-corrected chi connectivity index (χ4v) is 3.75. The molecular weight excluding hydrogens is 424 g/mol. The van der Waals surface area contributed by atoms with Gasteiger partial charge in [0.05, 0.1) is 34.7 Å². The molecule has 0 bridgehead atoms. The third-order valence-corrected chi connectivity index (χ3v) is 5.43. The summed E-state index contributed by atoms with van der Waals surface area (Å²) < 4.78 is 11.3. The number of fused-ring (bicyclic) bond motifs is 1. The van der Waals surface area contributed by atoms with Crippen LogP contribution < -0.4 is 0 Å². The lowest BCUT2D eigenvalue weighted by Crippen LogP contribution is -2.41. The maximum absolute atomic E-state index is 13.4. The number of rotatable bonds is 5. The molecular formula is C24H20N4O5. The number of carbonyl (C=O) groups excluding carboxylic acids is 1. The van der Waals surface area contributed by atoms with E-state index in [2.05, 4.69) is 9.97 Å². The largest absolute Gasteiger partial charge is 0.457 e. The third kappa shape index (κ3) is 4.26. The van der Waals surface area contributed by atoms with Crippen molar-refractivity contribution in [3.63, 3.8) is 0 Å². The minimum atomic E-state index is -0.450. The van der Waals surface area contributed by atoms with E-state index in [9.17, 15) is 14.9 Å². The lowest BCUT2D eigenvalue weighted by atomic mass is 10.1. The van der Waals surface area contributed by atoms with Crippen molar-refractivity contribution >= 4 is 34.3 Å². The Labute approximate surface area is 188 Å². The van der Waals surface area contributed by atoms with Gasteiger partial charge in [-0.25, -0.2) is 4.98 Å². The van der Waals surface area contributed by atoms with Gasteiger partial charge in [-0.2, -0.15) is 0 Å². The fraction of sp³-hybridized carbons (Fsp3) is 0.167. The minimum Gasteiger partial charge on any atom is -0.457 e. The van der Waals surface area contributed by atoms with E-state index in [1.807, 2.05) is 24.3 Å². The van der Waals surface area contributed by atoms with Crippen molar-refractivity contribution in [2.45, 2.75) is 0 Å². The lowest BCUT2D eigenvalue weighted by molar-refractivity contribution is -0.384. The molecule has 9 nitrogen and oxygen atoms in total. The summed E-state index contributed by atoms with van der Waals surface area (Å²) >= 11 is 0. The molecule has 0 aliphatic carbocycles. The highest BCUT2D eigenvalue weighted by Gasteiger charge is 2.24. The van der Waals surface area contributed by atoms with Crippen molar-refractivity contribution in [3.8, 4) is 11.3 Å². The summed E-state index contributed by atoms with van der Waals surface area (Å²) in [5, 5.41) is 11.1. The van der Waals surface area contributed by atoms with Crippen LogP contribution in [0.5, 0.6) is 0 Å². The van der Waals surface area contributed by atoms with E-state index in [0.717, 1.165) is 11.0 Å². The Hall–Kier alpha value is -4.24. The van der Waals surface area contributed by atoms with E-state index in [0.29, 0.717) is 54.8 Å². The van der Waals surface area contributed by atoms with Crippen LogP contribution in [0.15, 0.2) is 65.1 Å². The average Bonchev–Trinajstić information content (AvgIpc) is 3.50. The van der Waals surface area contributed by atoms with Crippen LogP contribution in [-0.4, -0.2) is 52.0 Å². The molecule has 0 atom stereocenters. The predicted octanol–water partition coefficient (Wildman–Crippen LogP) is 4.13. The van der Waals surface area contributed by atoms with E-state index in [1.54, 1.807) is 35.2 Å². The molecule has 5 rings (SSSR count). The van der Waals surface area contributed by atoms with Gasteiger partial charge < -0.3 is 19.0 Å². The molecule has 9 heteroatoms. The predicted molar refractivity (Wildman–Crippen MR) is 122 cm³/mol. The molecule has 1 aliphatic rings. The van der Waals surface area contributed by atoms with Crippen LogP contribution in [0.4, 0.5) is 5.69 Å². The number of para-hydroxylation sites is 2. The van der Waals surface area contributed by atoms with Crippen LogP contribution in [0.2, 0.25) is 0 Å². The molecule has 1 amide bonds. The van der Waals surface area contributed by atoms with Crippen LogP contribution in [0, 0.1) is 10.1 Å². The number of non-ortho nitro benzene ring substituents is 1. The first-order valence-corrected chi connectivity index (χ1v) is 10.5. The van der Waals surface area contributed by atoms with E-state index < -0.39 is 4.92 Å². The number of hydrogen-bond donors (Lipinski definition) is 1. The number of furan rings is 1. The molecule has 33 heavy (non-hydrogen) atoms. The number of morpholine rings is 1. The van der Waals surface area contributed by atoms with Crippen LogP contribution in [0.3, 0.4) is 0 Å². The topological polar surface area (TPSA) is 114 Å². The number of nitrogens with one attached hydrogen (secondary N) is 1. The summed E-state index contributed by atoms with van der Waals surface area (Å²) in [7, 11) is 0. The monoisotopic (exact) mass is 444 g/mol. The number of imidazole rings is 1. The van der Waals surface area contributed by atoms with Gasteiger partial charge in [0.1, 0.15) is 17.3 Å². The summed E-state index contributed by atoms with van der Waals surface area (Å²) in [5.74, 6) is 1.17. The standard InChI is InChI=1S/C24H20N4O5/c29-24(27-10-12-32-13-11-27)19(23-25-20-6-1-2-7-21(20)26-23)15-18-8-9-22(33-18)16-4-3-5-17(14-16)28(30)31/h1-9,14-15H,10-13H2,(H,25,26). The highest BCUT2D eigenvalue weighted by atomic mass is 16.6. The average molecular weight is 444 g/mol. The van der Waals surface area contributed by atoms with Gasteiger partial charge in [-0.1, -0.05) is 24.3 Å². The molecule has 1 N–H and O–H groups in total. The van der Waals surface area contributed by atoms with E-state index in [1.165, 1.54) is 12.1 Å². The third-order valence-electron chi connectivity index (χ3n) is 5.43. The minimum absolute atomic E-state index is 0.0218. The van der Waals surface area contributed by atoms with E-state index in [-0.39, 0.29) is 11.6 Å². The fourth-order valence-electron chi connectivity index (χ4n) is 3.75. The van der Waals surface area contributed by atoms with Gasteiger partial charge in [0.25, 0.3) is 11.6 Å². The summed E-state index contributed by atoms with van der Waals surface area (Å²) in [6.45, 7) is 1.95. The van der Waals surface area contributed by atoms with Gasteiger partial charge >= 0.3 is 0 Å². The maximum Gasteiger partial charge on any atom is 0.270 e. The molecule has 1 aliphatic heterocycles. The normalized spacial score (nSPS) is 14.5. The van der Waals surface area contributed by atoms with Gasteiger partial charge in [0, 0.05) is 30.8 Å². The van der Waals surface area contributed by atoms with Crippen molar-refractivity contribution < 1.29 is 18.9 Å². The molecule has 166 valence electrons. The summed E-state index contributed by atoms with van der Waals surface area (Å²) in [5.41, 5.74) is 2.50. The van der Waals surface area contributed by atoms with Gasteiger partial charge in [0.15, 0.2) is 0 Å². The van der Waals surface area contributed by atoms with Crippen molar-refractivity contribution in [2.75, 3.05) is 26.3 Å². The number of hydrogen-bond acceptors (Lipinski definition) is 6. The van der Waals surface area contributed by atoms with Crippen molar-refractivity contribution in [1.29, 1.82) is 0 Å². The van der Waals surface area contributed by atoms with Gasteiger partial charge in [-0.15, -0.1) is 0 Å². The molecule has 1 fully saturated rings. The van der Waals surface area contributed by atoms with Gasteiger partial charge in [0.2, 0.25) is 0 Å². The molecule has 0 unspecified atom stereocenters. The lowest BCUT2D eigenvalue weighted by Gasteiger charge is -2.27. The molecule has 0 saturated carbocycles.